The fourth-order valence-electron chi connectivity index (χ4n) is 1.42. The van der Waals surface area contributed by atoms with Crippen LogP contribution in [0.2, 0.25) is 0 Å². The van der Waals surface area contributed by atoms with Crippen LogP contribution in [0.3, 0.4) is 0 Å². The Morgan fingerprint density at radius 3 is 2.21 bits per heavy atom. The smallest absolute Gasteiger partial charge is 0.0230 e. The lowest BCUT2D eigenvalue weighted by Gasteiger charge is -2.16. The van der Waals surface area contributed by atoms with Crippen molar-refractivity contribution in [2.24, 2.45) is 11.8 Å². The van der Waals surface area contributed by atoms with Crippen molar-refractivity contribution < 1.29 is 0 Å². The maximum absolute atomic E-state index is 4.15. The summed E-state index contributed by atoms with van der Waals surface area (Å²) in [5, 5.41) is 0. The molecule has 0 N–H and O–H groups in total. The number of hydrogen-bond donors (Lipinski definition) is 0. The highest BCUT2D eigenvalue weighted by molar-refractivity contribution is 5.63. The third kappa shape index (κ3) is 3.02. The molecule has 1 atom stereocenters. The normalized spacial score (nSPS) is 12.9. The lowest BCUT2D eigenvalue weighted by Crippen LogP contribution is -2.04. The van der Waals surface area contributed by atoms with Gasteiger partial charge in [0.1, 0.15) is 0 Å². The second-order valence-electron chi connectivity index (χ2n) is 4.40. The summed E-state index contributed by atoms with van der Waals surface area (Å²) in [5.74, 6) is 1.44. The van der Waals surface area contributed by atoms with Gasteiger partial charge in [-0.25, -0.2) is 0 Å². The van der Waals surface area contributed by atoms with E-state index in [0.717, 1.165) is 12.3 Å². The molecule has 14 heavy (non-hydrogen) atoms. The zero-order valence-electron chi connectivity index (χ0n) is 9.46. The minimum atomic E-state index is 0.711. The summed E-state index contributed by atoms with van der Waals surface area (Å²) < 4.78 is 0. The molecule has 0 nitrogen and oxygen atoms in total. The summed E-state index contributed by atoms with van der Waals surface area (Å²) in [6, 6.07) is 10.5. The molecule has 1 unspecified atom stereocenters. The van der Waals surface area contributed by atoms with E-state index < -0.39 is 0 Å². The van der Waals surface area contributed by atoms with Crippen LogP contribution >= 0.6 is 0 Å². The van der Waals surface area contributed by atoms with E-state index >= 15 is 0 Å². The van der Waals surface area contributed by atoms with Crippen LogP contribution in [-0.4, -0.2) is 0 Å². The first-order chi connectivity index (χ1) is 6.61. The van der Waals surface area contributed by atoms with Crippen LogP contribution in [0, 0.1) is 11.8 Å². The fourth-order valence-corrected chi connectivity index (χ4v) is 1.42. The largest absolute Gasteiger partial charge is 0.0952 e. The van der Waals surface area contributed by atoms with Gasteiger partial charge in [-0.1, -0.05) is 57.7 Å². The molecular weight excluding hydrogens is 168 g/mol. The van der Waals surface area contributed by atoms with Crippen molar-refractivity contribution in [2.75, 3.05) is 0 Å². The molecule has 0 saturated heterocycles. The first kappa shape index (κ1) is 11.0. The highest BCUT2D eigenvalue weighted by Crippen LogP contribution is 2.24. The lowest BCUT2D eigenvalue weighted by molar-refractivity contribution is 0.429. The van der Waals surface area contributed by atoms with Crippen LogP contribution in [0.25, 0.3) is 5.57 Å². The Morgan fingerprint density at radius 1 is 1.14 bits per heavy atom. The van der Waals surface area contributed by atoms with E-state index in [1.807, 2.05) is 6.07 Å². The van der Waals surface area contributed by atoms with Crippen LogP contribution in [0.4, 0.5) is 0 Å². The number of rotatable bonds is 4. The van der Waals surface area contributed by atoms with Crippen molar-refractivity contribution in [1.29, 1.82) is 0 Å². The monoisotopic (exact) mass is 188 g/mol. The van der Waals surface area contributed by atoms with Gasteiger partial charge in [0.15, 0.2) is 0 Å². The van der Waals surface area contributed by atoms with Gasteiger partial charge < -0.3 is 0 Å². The van der Waals surface area contributed by atoms with Crippen molar-refractivity contribution in [3.63, 3.8) is 0 Å². The molecule has 1 aromatic rings. The summed E-state index contributed by atoms with van der Waals surface area (Å²) in [6.45, 7) is 11.0. The van der Waals surface area contributed by atoms with E-state index in [4.69, 9.17) is 0 Å². The molecular formula is C14H20. The van der Waals surface area contributed by atoms with Gasteiger partial charge in [-0.15, -0.1) is 0 Å². The highest BCUT2D eigenvalue weighted by atomic mass is 14.1. The van der Waals surface area contributed by atoms with Crippen LogP contribution in [0.5, 0.6) is 0 Å². The maximum Gasteiger partial charge on any atom is -0.0230 e. The number of allylic oxidation sites excluding steroid dienone is 1. The van der Waals surface area contributed by atoms with Gasteiger partial charge in [0.05, 0.1) is 0 Å². The SMILES string of the molecule is C=C(CC(C)C(C)C)c1ccccc1. The van der Waals surface area contributed by atoms with Crippen molar-refractivity contribution in [3.8, 4) is 0 Å². The fraction of sp³-hybridized carbons (Fsp3) is 0.429. The van der Waals surface area contributed by atoms with Gasteiger partial charge in [-0.05, 0) is 29.4 Å². The lowest BCUT2D eigenvalue weighted by atomic mass is 9.89. The molecule has 0 bridgehead atoms. The molecule has 1 rings (SSSR count). The van der Waals surface area contributed by atoms with Gasteiger partial charge in [0.25, 0.3) is 0 Å². The maximum atomic E-state index is 4.15. The molecule has 0 aromatic heterocycles. The zero-order chi connectivity index (χ0) is 10.6. The Morgan fingerprint density at radius 2 is 1.71 bits per heavy atom. The molecule has 76 valence electrons. The Balaban J connectivity index is 2.60. The topological polar surface area (TPSA) is 0 Å². The molecule has 0 radical (unpaired) electrons. The molecule has 0 aliphatic heterocycles. The molecule has 0 amide bonds. The third-order valence-corrected chi connectivity index (χ3v) is 2.89. The number of benzene rings is 1. The average molecular weight is 188 g/mol. The summed E-state index contributed by atoms with van der Waals surface area (Å²) >= 11 is 0. The van der Waals surface area contributed by atoms with Crippen molar-refractivity contribution >= 4 is 5.57 Å². The second kappa shape index (κ2) is 4.99. The van der Waals surface area contributed by atoms with Crippen LogP contribution < -0.4 is 0 Å². The predicted octanol–water partition coefficient (Wildman–Crippen LogP) is 4.38. The summed E-state index contributed by atoms with van der Waals surface area (Å²) in [7, 11) is 0. The van der Waals surface area contributed by atoms with E-state index in [-0.39, 0.29) is 0 Å². The summed E-state index contributed by atoms with van der Waals surface area (Å²) in [4.78, 5) is 0. The molecule has 0 heteroatoms. The van der Waals surface area contributed by atoms with Gasteiger partial charge in [-0.2, -0.15) is 0 Å². The zero-order valence-corrected chi connectivity index (χ0v) is 9.46. The summed E-state index contributed by atoms with van der Waals surface area (Å²) in [5.41, 5.74) is 2.53. The van der Waals surface area contributed by atoms with E-state index in [2.05, 4.69) is 51.6 Å². The Hall–Kier alpha value is -1.04. The molecule has 0 fully saturated rings. The van der Waals surface area contributed by atoms with Gasteiger partial charge >= 0.3 is 0 Å². The number of hydrogen-bond acceptors (Lipinski definition) is 0. The Labute approximate surface area is 87.7 Å². The molecule has 0 aliphatic rings. The van der Waals surface area contributed by atoms with Gasteiger partial charge in [-0.3, -0.25) is 0 Å². The van der Waals surface area contributed by atoms with Gasteiger partial charge in [0, 0.05) is 0 Å². The molecule has 1 aromatic carbocycles. The average Bonchev–Trinajstić information content (AvgIpc) is 2.19. The molecule has 0 heterocycles. The van der Waals surface area contributed by atoms with E-state index in [1.165, 1.54) is 11.1 Å². The minimum Gasteiger partial charge on any atom is -0.0952 e. The van der Waals surface area contributed by atoms with E-state index in [1.54, 1.807) is 0 Å². The molecule has 0 spiro atoms. The van der Waals surface area contributed by atoms with Crippen molar-refractivity contribution in [3.05, 3.63) is 42.5 Å². The van der Waals surface area contributed by atoms with Crippen LogP contribution in [0.1, 0.15) is 32.8 Å². The first-order valence-electron chi connectivity index (χ1n) is 5.34. The molecule has 0 saturated carbocycles. The van der Waals surface area contributed by atoms with E-state index in [0.29, 0.717) is 5.92 Å². The Bertz CT molecular complexity index is 282. The second-order valence-corrected chi connectivity index (χ2v) is 4.40. The first-order valence-corrected chi connectivity index (χ1v) is 5.34. The third-order valence-electron chi connectivity index (χ3n) is 2.89. The van der Waals surface area contributed by atoms with Gasteiger partial charge in [0.2, 0.25) is 0 Å². The predicted molar refractivity (Wildman–Crippen MR) is 64.1 cm³/mol. The highest BCUT2D eigenvalue weighted by Gasteiger charge is 2.09. The quantitative estimate of drug-likeness (QED) is 0.657. The van der Waals surface area contributed by atoms with Crippen LogP contribution in [0.15, 0.2) is 36.9 Å². The minimum absolute atomic E-state index is 0.711. The van der Waals surface area contributed by atoms with Crippen LogP contribution in [-0.2, 0) is 0 Å². The van der Waals surface area contributed by atoms with Crippen molar-refractivity contribution in [1.82, 2.24) is 0 Å². The van der Waals surface area contributed by atoms with E-state index in [9.17, 15) is 0 Å². The Kier molecular flexibility index (Phi) is 3.94. The van der Waals surface area contributed by atoms with Crippen molar-refractivity contribution in [2.45, 2.75) is 27.2 Å². The standard InChI is InChI=1S/C14H20/c1-11(2)12(3)10-13(4)14-8-6-5-7-9-14/h5-9,11-12H,4,10H2,1-3H3. The summed E-state index contributed by atoms with van der Waals surface area (Å²) in [6.07, 6.45) is 1.10. The molecule has 0 aliphatic carbocycles.